The van der Waals surface area contributed by atoms with Gasteiger partial charge >= 0.3 is 7.12 Å². The lowest BCUT2D eigenvalue weighted by atomic mass is 9.89. The van der Waals surface area contributed by atoms with Crippen LogP contribution < -0.4 is 0 Å². The van der Waals surface area contributed by atoms with Crippen molar-refractivity contribution in [3.8, 4) is 0 Å². The van der Waals surface area contributed by atoms with Gasteiger partial charge in [0.15, 0.2) is 0 Å². The summed E-state index contributed by atoms with van der Waals surface area (Å²) in [5, 5.41) is 1.01. The molecule has 2 rings (SSSR count). The third-order valence-corrected chi connectivity index (χ3v) is 4.43. The minimum Gasteiger partial charge on any atom is -0.400 e. The number of hydrogen-bond donors (Lipinski definition) is 0. The third kappa shape index (κ3) is 3.04. The highest BCUT2D eigenvalue weighted by atomic mass is 32.2. The van der Waals surface area contributed by atoms with Crippen molar-refractivity contribution in [3.05, 3.63) is 29.9 Å². The van der Waals surface area contributed by atoms with E-state index in [0.29, 0.717) is 0 Å². The first kappa shape index (κ1) is 14.6. The Labute approximate surface area is 119 Å². The Hall–Kier alpha value is -0.775. The van der Waals surface area contributed by atoms with Crippen LogP contribution in [0.4, 0.5) is 0 Å². The summed E-state index contributed by atoms with van der Waals surface area (Å²) in [4.78, 5) is 4.33. The predicted molar refractivity (Wildman–Crippen MR) is 81.1 cm³/mol. The second-order valence-corrected chi connectivity index (χ2v) is 6.38. The van der Waals surface area contributed by atoms with Crippen molar-refractivity contribution in [1.82, 2.24) is 4.98 Å². The van der Waals surface area contributed by atoms with Crippen LogP contribution in [-0.4, -0.2) is 29.6 Å². The van der Waals surface area contributed by atoms with E-state index in [1.165, 1.54) is 0 Å². The number of pyridine rings is 1. The standard InChI is InChI=1S/C14H20BNO2S/c1-13(2)14(3,4)18-15(17-13)9-8-11-7-6-10-16-12(11)19-5/h6-10H,1-5H3/b9-8+. The molecule has 5 heteroatoms. The van der Waals surface area contributed by atoms with Crippen LogP contribution in [0.2, 0.25) is 0 Å². The van der Waals surface area contributed by atoms with Crippen LogP contribution in [0.25, 0.3) is 6.08 Å². The summed E-state index contributed by atoms with van der Waals surface area (Å²) >= 11 is 1.63. The summed E-state index contributed by atoms with van der Waals surface area (Å²) in [5.74, 6) is 1.95. The summed E-state index contributed by atoms with van der Waals surface area (Å²) in [6.45, 7) is 8.22. The van der Waals surface area contributed by atoms with E-state index in [2.05, 4.69) is 32.7 Å². The molecule has 3 nitrogen and oxygen atoms in total. The van der Waals surface area contributed by atoms with Gasteiger partial charge in [0.2, 0.25) is 0 Å². The Morgan fingerprint density at radius 3 is 2.42 bits per heavy atom. The van der Waals surface area contributed by atoms with Gasteiger partial charge in [0.25, 0.3) is 0 Å². The fourth-order valence-electron chi connectivity index (χ4n) is 1.85. The van der Waals surface area contributed by atoms with E-state index in [1.54, 1.807) is 18.0 Å². The molecule has 102 valence electrons. The lowest BCUT2D eigenvalue weighted by molar-refractivity contribution is 0.00578. The molecular formula is C14H20BNO2S. The molecule has 1 aromatic heterocycles. The minimum atomic E-state index is -0.306. The molecule has 0 atom stereocenters. The SMILES string of the molecule is CSc1ncccc1/C=C/B1OC(C)(C)C(C)(C)O1. The van der Waals surface area contributed by atoms with Crippen LogP contribution >= 0.6 is 11.8 Å². The summed E-state index contributed by atoms with van der Waals surface area (Å²) in [5.41, 5.74) is 0.503. The molecule has 0 spiro atoms. The van der Waals surface area contributed by atoms with Crippen LogP contribution in [0.15, 0.2) is 29.3 Å². The fraction of sp³-hybridized carbons (Fsp3) is 0.500. The molecule has 0 radical (unpaired) electrons. The summed E-state index contributed by atoms with van der Waals surface area (Å²) < 4.78 is 11.8. The zero-order chi connectivity index (χ0) is 14.1. The van der Waals surface area contributed by atoms with E-state index < -0.39 is 0 Å². The smallest absolute Gasteiger partial charge is 0.400 e. The molecular weight excluding hydrogens is 257 g/mol. The highest BCUT2D eigenvalue weighted by Crippen LogP contribution is 2.37. The maximum absolute atomic E-state index is 5.92. The Balaban J connectivity index is 2.13. The first-order chi connectivity index (χ1) is 8.86. The van der Waals surface area contributed by atoms with Crippen molar-refractivity contribution in [2.24, 2.45) is 0 Å². The monoisotopic (exact) mass is 277 g/mol. The van der Waals surface area contributed by atoms with Crippen LogP contribution in [-0.2, 0) is 9.31 Å². The normalized spacial score (nSPS) is 21.2. The van der Waals surface area contributed by atoms with Gasteiger partial charge in [-0.1, -0.05) is 18.1 Å². The van der Waals surface area contributed by atoms with E-state index in [0.717, 1.165) is 10.6 Å². The Kier molecular flexibility index (Phi) is 4.09. The number of rotatable bonds is 3. The summed E-state index contributed by atoms with van der Waals surface area (Å²) in [7, 11) is -0.306. The van der Waals surface area contributed by atoms with E-state index in [-0.39, 0.29) is 18.3 Å². The van der Waals surface area contributed by atoms with Crippen LogP contribution in [0.1, 0.15) is 33.3 Å². The number of aromatic nitrogens is 1. The van der Waals surface area contributed by atoms with Gasteiger partial charge in [-0.3, -0.25) is 0 Å². The van der Waals surface area contributed by atoms with E-state index in [4.69, 9.17) is 9.31 Å². The zero-order valence-corrected chi connectivity index (χ0v) is 13.0. The quantitative estimate of drug-likeness (QED) is 0.625. The maximum atomic E-state index is 5.92. The molecule has 19 heavy (non-hydrogen) atoms. The zero-order valence-electron chi connectivity index (χ0n) is 12.1. The van der Waals surface area contributed by atoms with Gasteiger partial charge in [-0.15, -0.1) is 11.8 Å². The molecule has 0 unspecified atom stereocenters. The lowest BCUT2D eigenvalue weighted by Crippen LogP contribution is -2.41. The summed E-state index contributed by atoms with van der Waals surface area (Å²) in [6.07, 6.45) is 5.84. The van der Waals surface area contributed by atoms with Gasteiger partial charge < -0.3 is 9.31 Å². The average molecular weight is 277 g/mol. The minimum absolute atomic E-state index is 0.292. The number of hydrogen-bond acceptors (Lipinski definition) is 4. The number of thioether (sulfide) groups is 1. The molecule has 0 aliphatic carbocycles. The molecule has 1 aliphatic rings. The van der Waals surface area contributed by atoms with Crippen molar-refractivity contribution in [2.75, 3.05) is 6.26 Å². The Bertz CT molecular complexity index is 472. The van der Waals surface area contributed by atoms with Crippen molar-refractivity contribution in [3.63, 3.8) is 0 Å². The molecule has 0 bridgehead atoms. The van der Waals surface area contributed by atoms with Gasteiger partial charge in [0.05, 0.1) is 11.2 Å². The molecule has 1 aliphatic heterocycles. The maximum Gasteiger partial charge on any atom is 0.487 e. The largest absolute Gasteiger partial charge is 0.487 e. The second kappa shape index (κ2) is 5.31. The topological polar surface area (TPSA) is 31.4 Å². The van der Waals surface area contributed by atoms with E-state index in [9.17, 15) is 0 Å². The van der Waals surface area contributed by atoms with Crippen molar-refractivity contribution < 1.29 is 9.31 Å². The van der Waals surface area contributed by atoms with E-state index >= 15 is 0 Å². The molecule has 0 amide bonds. The average Bonchev–Trinajstić information content (AvgIpc) is 2.55. The molecule has 0 N–H and O–H groups in total. The molecule has 2 heterocycles. The molecule has 1 fully saturated rings. The van der Waals surface area contributed by atoms with Gasteiger partial charge in [-0.2, -0.15) is 0 Å². The third-order valence-electron chi connectivity index (χ3n) is 3.70. The van der Waals surface area contributed by atoms with Crippen molar-refractivity contribution in [1.29, 1.82) is 0 Å². The molecule has 0 aromatic carbocycles. The van der Waals surface area contributed by atoms with Crippen LogP contribution in [0, 0.1) is 0 Å². The van der Waals surface area contributed by atoms with Gasteiger partial charge in [0, 0.05) is 11.8 Å². The number of nitrogens with zero attached hydrogens (tertiary/aromatic N) is 1. The van der Waals surface area contributed by atoms with Gasteiger partial charge in [-0.05, 0) is 40.0 Å². The van der Waals surface area contributed by atoms with Crippen molar-refractivity contribution >= 4 is 25.0 Å². The lowest BCUT2D eigenvalue weighted by Gasteiger charge is -2.32. The first-order valence-electron chi connectivity index (χ1n) is 6.38. The summed E-state index contributed by atoms with van der Waals surface area (Å²) in [6, 6.07) is 3.98. The van der Waals surface area contributed by atoms with Gasteiger partial charge in [-0.25, -0.2) is 4.98 Å². The Morgan fingerprint density at radius 2 is 1.84 bits per heavy atom. The second-order valence-electron chi connectivity index (χ2n) is 5.59. The van der Waals surface area contributed by atoms with Gasteiger partial charge in [0.1, 0.15) is 5.03 Å². The highest BCUT2D eigenvalue weighted by molar-refractivity contribution is 7.98. The van der Waals surface area contributed by atoms with Crippen LogP contribution in [0.3, 0.4) is 0 Å². The molecule has 0 saturated carbocycles. The predicted octanol–water partition coefficient (Wildman–Crippen LogP) is 3.45. The molecule has 1 saturated heterocycles. The van der Waals surface area contributed by atoms with Crippen molar-refractivity contribution in [2.45, 2.75) is 43.9 Å². The van der Waals surface area contributed by atoms with Crippen LogP contribution in [0.5, 0.6) is 0 Å². The Morgan fingerprint density at radius 1 is 1.21 bits per heavy atom. The first-order valence-corrected chi connectivity index (χ1v) is 7.61. The fourth-order valence-corrected chi connectivity index (χ4v) is 2.39. The van der Waals surface area contributed by atoms with E-state index in [1.807, 2.05) is 30.4 Å². The molecule has 1 aromatic rings. The highest BCUT2D eigenvalue weighted by Gasteiger charge is 2.49.